The van der Waals surface area contributed by atoms with Gasteiger partial charge in [0.1, 0.15) is 0 Å². The minimum atomic E-state index is -0.917. The number of nitrogens with two attached hydrogens (primary N) is 1. The molecule has 0 spiro atoms. The summed E-state index contributed by atoms with van der Waals surface area (Å²) in [5.41, 5.74) is 5.41. The first kappa shape index (κ1) is 15.2. The van der Waals surface area contributed by atoms with Gasteiger partial charge in [-0.3, -0.25) is 0 Å². The van der Waals surface area contributed by atoms with Gasteiger partial charge in [-0.15, -0.1) is 0 Å². The summed E-state index contributed by atoms with van der Waals surface area (Å²) in [6, 6.07) is 0. The molecule has 1 amide bonds. The summed E-state index contributed by atoms with van der Waals surface area (Å²) in [5, 5.41) is 10.7. The van der Waals surface area contributed by atoms with E-state index in [1.54, 1.807) is 0 Å². The fourth-order valence-electron chi connectivity index (χ4n) is 1.70. The Hall–Kier alpha value is -0.770. The Kier molecular flexibility index (Phi) is 11.7. The molecule has 0 aromatic heterocycles. The van der Waals surface area contributed by atoms with E-state index in [9.17, 15) is 4.79 Å². The molecule has 0 unspecified atom stereocenters. The second-order valence-corrected chi connectivity index (χ2v) is 4.20. The summed E-state index contributed by atoms with van der Waals surface area (Å²) in [6.07, 6.45) is 10.00. The maximum absolute atomic E-state index is 10.1. The highest BCUT2D eigenvalue weighted by atomic mass is 16.4. The van der Waals surface area contributed by atoms with Gasteiger partial charge in [-0.1, -0.05) is 44.9 Å². The van der Waals surface area contributed by atoms with Gasteiger partial charge in [-0.25, -0.2) is 4.79 Å². The van der Waals surface area contributed by atoms with Gasteiger partial charge in [0.05, 0.1) is 0 Å². The van der Waals surface area contributed by atoms with E-state index in [4.69, 9.17) is 10.8 Å². The van der Waals surface area contributed by atoms with Crippen LogP contribution in [0.4, 0.5) is 4.79 Å². The number of carbonyl (C=O) groups is 1. The third-order valence-electron chi connectivity index (χ3n) is 2.66. The molecule has 0 aromatic rings. The number of amides is 1. The maximum Gasteiger partial charge on any atom is 0.404 e. The lowest BCUT2D eigenvalue weighted by atomic mass is 10.1. The molecule has 0 fully saturated rings. The average Bonchev–Trinajstić information content (AvgIpc) is 2.25. The second-order valence-electron chi connectivity index (χ2n) is 4.20. The molecule has 0 rings (SSSR count). The summed E-state index contributed by atoms with van der Waals surface area (Å²) in [4.78, 5) is 10.1. The molecule has 0 atom stereocenters. The molecule has 96 valence electrons. The number of hydrogen-bond donors (Lipinski definition) is 3. The third kappa shape index (κ3) is 13.2. The van der Waals surface area contributed by atoms with E-state index < -0.39 is 6.09 Å². The summed E-state index contributed by atoms with van der Waals surface area (Å²) in [5.74, 6) is 0. The molecule has 4 heteroatoms. The van der Waals surface area contributed by atoms with Crippen LogP contribution in [0.3, 0.4) is 0 Å². The molecule has 0 bridgehead atoms. The average molecular weight is 230 g/mol. The van der Waals surface area contributed by atoms with Crippen molar-refractivity contribution in [3.05, 3.63) is 0 Å². The first-order valence-corrected chi connectivity index (χ1v) is 6.44. The van der Waals surface area contributed by atoms with Crippen LogP contribution in [0.25, 0.3) is 0 Å². The molecule has 0 heterocycles. The topological polar surface area (TPSA) is 75.3 Å². The van der Waals surface area contributed by atoms with Gasteiger partial charge < -0.3 is 16.2 Å². The molecule has 4 N–H and O–H groups in total. The molecule has 0 aliphatic rings. The molecule has 0 aliphatic carbocycles. The van der Waals surface area contributed by atoms with Gasteiger partial charge in [-0.05, 0) is 19.4 Å². The Bertz CT molecular complexity index is 163. The normalized spacial score (nSPS) is 10.3. The van der Waals surface area contributed by atoms with Crippen LogP contribution in [0.2, 0.25) is 0 Å². The first-order chi connectivity index (χ1) is 7.77. The standard InChI is InChI=1S/C12H26N2O2/c13-10-8-6-4-2-1-3-5-7-9-11-14-12(15)16/h14H,1-11,13H2,(H,15,16). The van der Waals surface area contributed by atoms with E-state index in [0.29, 0.717) is 6.54 Å². The fraction of sp³-hybridized carbons (Fsp3) is 0.917. The van der Waals surface area contributed by atoms with Crippen LogP contribution in [-0.4, -0.2) is 24.3 Å². The van der Waals surface area contributed by atoms with E-state index in [1.807, 2.05) is 0 Å². The van der Waals surface area contributed by atoms with Crippen molar-refractivity contribution in [2.75, 3.05) is 13.1 Å². The largest absolute Gasteiger partial charge is 0.465 e. The fourth-order valence-corrected chi connectivity index (χ4v) is 1.70. The maximum atomic E-state index is 10.1. The number of nitrogens with one attached hydrogen (secondary N) is 1. The van der Waals surface area contributed by atoms with Gasteiger partial charge in [0, 0.05) is 6.54 Å². The van der Waals surface area contributed by atoms with E-state index in [2.05, 4.69) is 5.32 Å². The summed E-state index contributed by atoms with van der Waals surface area (Å²) in [7, 11) is 0. The highest BCUT2D eigenvalue weighted by Gasteiger charge is 1.94. The van der Waals surface area contributed by atoms with E-state index in [1.165, 1.54) is 38.5 Å². The summed E-state index contributed by atoms with van der Waals surface area (Å²) < 4.78 is 0. The summed E-state index contributed by atoms with van der Waals surface area (Å²) in [6.45, 7) is 1.41. The SMILES string of the molecule is NCCCCCCCCCCCNC(=O)O. The van der Waals surface area contributed by atoms with Crippen molar-refractivity contribution in [2.24, 2.45) is 5.73 Å². The van der Waals surface area contributed by atoms with Crippen molar-refractivity contribution < 1.29 is 9.90 Å². The van der Waals surface area contributed by atoms with Crippen molar-refractivity contribution in [1.29, 1.82) is 0 Å². The zero-order chi connectivity index (χ0) is 12.1. The lowest BCUT2D eigenvalue weighted by Gasteiger charge is -2.02. The first-order valence-electron chi connectivity index (χ1n) is 6.44. The quantitative estimate of drug-likeness (QED) is 0.478. The van der Waals surface area contributed by atoms with Gasteiger partial charge in [0.2, 0.25) is 0 Å². The van der Waals surface area contributed by atoms with E-state index in [0.717, 1.165) is 25.8 Å². The highest BCUT2D eigenvalue weighted by molar-refractivity contribution is 5.64. The molecule has 0 radical (unpaired) electrons. The minimum absolute atomic E-state index is 0.589. The Morgan fingerprint density at radius 3 is 1.75 bits per heavy atom. The monoisotopic (exact) mass is 230 g/mol. The molecule has 0 saturated carbocycles. The van der Waals surface area contributed by atoms with Crippen molar-refractivity contribution in [2.45, 2.75) is 57.8 Å². The van der Waals surface area contributed by atoms with Crippen LogP contribution in [0.5, 0.6) is 0 Å². The summed E-state index contributed by atoms with van der Waals surface area (Å²) >= 11 is 0. The zero-order valence-electron chi connectivity index (χ0n) is 10.2. The number of carboxylic acid groups (broad SMARTS) is 1. The lowest BCUT2D eigenvalue weighted by Crippen LogP contribution is -2.21. The van der Waals surface area contributed by atoms with Gasteiger partial charge in [0.25, 0.3) is 0 Å². The van der Waals surface area contributed by atoms with E-state index in [-0.39, 0.29) is 0 Å². The molecule has 0 saturated heterocycles. The van der Waals surface area contributed by atoms with Crippen LogP contribution < -0.4 is 11.1 Å². The van der Waals surface area contributed by atoms with Crippen LogP contribution in [0, 0.1) is 0 Å². The van der Waals surface area contributed by atoms with Crippen molar-refractivity contribution in [1.82, 2.24) is 5.32 Å². The predicted molar refractivity (Wildman–Crippen MR) is 66.6 cm³/mol. The number of hydrogen-bond acceptors (Lipinski definition) is 2. The van der Waals surface area contributed by atoms with Crippen LogP contribution in [0.1, 0.15) is 57.8 Å². The Labute approximate surface area is 98.6 Å². The van der Waals surface area contributed by atoms with Crippen molar-refractivity contribution >= 4 is 6.09 Å². The van der Waals surface area contributed by atoms with Crippen LogP contribution in [-0.2, 0) is 0 Å². The zero-order valence-corrected chi connectivity index (χ0v) is 10.2. The van der Waals surface area contributed by atoms with Crippen LogP contribution >= 0.6 is 0 Å². The highest BCUT2D eigenvalue weighted by Crippen LogP contribution is 2.08. The Balaban J connectivity index is 2.90. The minimum Gasteiger partial charge on any atom is -0.465 e. The van der Waals surface area contributed by atoms with Crippen LogP contribution in [0.15, 0.2) is 0 Å². The molecule has 0 aliphatic heterocycles. The third-order valence-corrected chi connectivity index (χ3v) is 2.66. The number of unbranched alkanes of at least 4 members (excludes halogenated alkanes) is 8. The van der Waals surface area contributed by atoms with Crippen molar-refractivity contribution in [3.8, 4) is 0 Å². The van der Waals surface area contributed by atoms with Gasteiger partial charge >= 0.3 is 6.09 Å². The molecule has 16 heavy (non-hydrogen) atoms. The van der Waals surface area contributed by atoms with Gasteiger partial charge in [-0.2, -0.15) is 0 Å². The van der Waals surface area contributed by atoms with E-state index >= 15 is 0 Å². The smallest absolute Gasteiger partial charge is 0.404 e. The second kappa shape index (κ2) is 12.3. The van der Waals surface area contributed by atoms with Gasteiger partial charge in [0.15, 0.2) is 0 Å². The molecule has 0 aromatic carbocycles. The van der Waals surface area contributed by atoms with Crippen molar-refractivity contribution in [3.63, 3.8) is 0 Å². The predicted octanol–water partition coefficient (Wildman–Crippen LogP) is 2.72. The lowest BCUT2D eigenvalue weighted by molar-refractivity contribution is 0.194. The Morgan fingerprint density at radius 1 is 0.875 bits per heavy atom. The number of rotatable bonds is 11. The molecular formula is C12H26N2O2. The molecular weight excluding hydrogens is 204 g/mol. The molecule has 4 nitrogen and oxygen atoms in total. The Morgan fingerprint density at radius 2 is 1.31 bits per heavy atom.